The topological polar surface area (TPSA) is 50.4 Å². The molecule has 0 fully saturated rings. The predicted molar refractivity (Wildman–Crippen MR) is 86.1 cm³/mol. The maximum atomic E-state index is 8.84. The summed E-state index contributed by atoms with van der Waals surface area (Å²) in [6.07, 6.45) is 3.23. The van der Waals surface area contributed by atoms with Gasteiger partial charge in [0, 0.05) is 21.8 Å². The molecular formula is C16H12BrN3O. The van der Waals surface area contributed by atoms with Crippen molar-refractivity contribution in [2.75, 3.05) is 0 Å². The zero-order chi connectivity index (χ0) is 14.7. The van der Waals surface area contributed by atoms with Crippen LogP contribution in [0.4, 0.5) is 0 Å². The third kappa shape index (κ3) is 2.87. The third-order valence-electron chi connectivity index (χ3n) is 3.08. The smallest absolute Gasteiger partial charge is 0.102 e. The summed E-state index contributed by atoms with van der Waals surface area (Å²) in [5, 5.41) is 16.6. The molecule has 104 valence electrons. The molecule has 0 saturated carbocycles. The molecule has 0 unspecified atom stereocenters. The molecule has 0 saturated heterocycles. The second-order valence-corrected chi connectivity index (χ2v) is 5.38. The van der Waals surface area contributed by atoms with E-state index in [0.29, 0.717) is 0 Å². The lowest BCUT2D eigenvalue weighted by atomic mass is 10.1. The molecule has 1 N–H and O–H groups in total. The number of hydrogen-bond donors (Lipinski definition) is 1. The average molecular weight is 342 g/mol. The summed E-state index contributed by atoms with van der Waals surface area (Å²) in [6, 6.07) is 17.7. The van der Waals surface area contributed by atoms with E-state index in [-0.39, 0.29) is 0 Å². The summed E-state index contributed by atoms with van der Waals surface area (Å²) in [6.45, 7) is 0. The van der Waals surface area contributed by atoms with Gasteiger partial charge in [-0.15, -0.1) is 0 Å². The number of nitrogens with zero attached hydrogens (tertiary/aromatic N) is 3. The van der Waals surface area contributed by atoms with Gasteiger partial charge in [-0.1, -0.05) is 51.4 Å². The van der Waals surface area contributed by atoms with Crippen molar-refractivity contribution in [3.05, 3.63) is 70.8 Å². The Morgan fingerprint density at radius 3 is 2.43 bits per heavy atom. The second-order valence-electron chi connectivity index (χ2n) is 4.46. The zero-order valence-corrected chi connectivity index (χ0v) is 12.6. The minimum absolute atomic E-state index is 0.753. The first-order chi connectivity index (χ1) is 10.3. The molecule has 1 aromatic heterocycles. The molecule has 21 heavy (non-hydrogen) atoms. The highest BCUT2D eigenvalue weighted by atomic mass is 79.9. The average Bonchev–Trinajstić information content (AvgIpc) is 2.93. The Morgan fingerprint density at radius 1 is 1.05 bits per heavy atom. The minimum Gasteiger partial charge on any atom is -0.411 e. The van der Waals surface area contributed by atoms with E-state index in [4.69, 9.17) is 5.21 Å². The van der Waals surface area contributed by atoms with Crippen LogP contribution in [-0.2, 0) is 0 Å². The van der Waals surface area contributed by atoms with E-state index in [0.717, 1.165) is 27.0 Å². The fourth-order valence-electron chi connectivity index (χ4n) is 2.09. The molecule has 0 radical (unpaired) electrons. The Morgan fingerprint density at radius 2 is 1.76 bits per heavy atom. The molecule has 1 heterocycles. The van der Waals surface area contributed by atoms with Crippen molar-refractivity contribution >= 4 is 22.1 Å². The quantitative estimate of drug-likeness (QED) is 0.442. The first kappa shape index (κ1) is 13.6. The van der Waals surface area contributed by atoms with Crippen molar-refractivity contribution in [1.29, 1.82) is 0 Å². The number of benzene rings is 2. The predicted octanol–water partition coefficient (Wildman–Crippen LogP) is 4.11. The van der Waals surface area contributed by atoms with Crippen LogP contribution in [0.15, 0.2) is 70.4 Å². The standard InChI is InChI=1S/C16H12BrN3O/c17-14-8-6-12(7-9-14)16-13(10-18-21)11-20(19-16)15-4-2-1-3-5-15/h1-11,21H/b18-10+. The summed E-state index contributed by atoms with van der Waals surface area (Å²) in [5.74, 6) is 0. The van der Waals surface area contributed by atoms with Gasteiger partial charge in [-0.3, -0.25) is 0 Å². The van der Waals surface area contributed by atoms with Gasteiger partial charge in [-0.05, 0) is 24.3 Å². The van der Waals surface area contributed by atoms with E-state index >= 15 is 0 Å². The molecule has 3 aromatic rings. The largest absolute Gasteiger partial charge is 0.411 e. The van der Waals surface area contributed by atoms with E-state index in [9.17, 15) is 0 Å². The van der Waals surface area contributed by atoms with Gasteiger partial charge in [-0.2, -0.15) is 5.10 Å². The van der Waals surface area contributed by atoms with Gasteiger partial charge in [0.1, 0.15) is 5.69 Å². The van der Waals surface area contributed by atoms with Gasteiger partial charge in [0.2, 0.25) is 0 Å². The van der Waals surface area contributed by atoms with Crippen LogP contribution >= 0.6 is 15.9 Å². The Labute approximate surface area is 130 Å². The lowest BCUT2D eigenvalue weighted by molar-refractivity contribution is 0.322. The summed E-state index contributed by atoms with van der Waals surface area (Å²) in [7, 11) is 0. The van der Waals surface area contributed by atoms with E-state index in [1.807, 2.05) is 60.8 Å². The molecule has 0 aliphatic carbocycles. The molecule has 0 spiro atoms. The molecular weight excluding hydrogens is 330 g/mol. The highest BCUT2D eigenvalue weighted by Crippen LogP contribution is 2.24. The number of para-hydroxylation sites is 1. The van der Waals surface area contributed by atoms with Crippen molar-refractivity contribution < 1.29 is 5.21 Å². The third-order valence-corrected chi connectivity index (χ3v) is 3.61. The number of halogens is 1. The van der Waals surface area contributed by atoms with Crippen molar-refractivity contribution in [3.8, 4) is 16.9 Å². The van der Waals surface area contributed by atoms with Gasteiger partial charge < -0.3 is 5.21 Å². The van der Waals surface area contributed by atoms with Crippen LogP contribution < -0.4 is 0 Å². The lowest BCUT2D eigenvalue weighted by Gasteiger charge is -2.00. The lowest BCUT2D eigenvalue weighted by Crippen LogP contribution is -1.93. The van der Waals surface area contributed by atoms with Gasteiger partial charge in [0.25, 0.3) is 0 Å². The van der Waals surface area contributed by atoms with Gasteiger partial charge in [0.15, 0.2) is 0 Å². The number of rotatable bonds is 3. The van der Waals surface area contributed by atoms with Crippen LogP contribution in [0.1, 0.15) is 5.56 Å². The Bertz CT molecular complexity index is 764. The van der Waals surface area contributed by atoms with Crippen molar-refractivity contribution in [3.63, 3.8) is 0 Å². The number of oxime groups is 1. The minimum atomic E-state index is 0.753. The van der Waals surface area contributed by atoms with Crippen LogP contribution in [0.2, 0.25) is 0 Å². The number of aromatic nitrogens is 2. The van der Waals surface area contributed by atoms with Crippen LogP contribution in [0, 0.1) is 0 Å². The first-order valence-electron chi connectivity index (χ1n) is 6.36. The van der Waals surface area contributed by atoms with E-state index in [1.54, 1.807) is 4.68 Å². The van der Waals surface area contributed by atoms with Crippen molar-refractivity contribution in [2.24, 2.45) is 5.16 Å². The molecule has 0 atom stereocenters. The van der Waals surface area contributed by atoms with Crippen molar-refractivity contribution in [2.45, 2.75) is 0 Å². The highest BCUT2D eigenvalue weighted by molar-refractivity contribution is 9.10. The molecule has 5 heteroatoms. The molecule has 0 aliphatic rings. The highest BCUT2D eigenvalue weighted by Gasteiger charge is 2.11. The Balaban J connectivity index is 2.11. The summed E-state index contributed by atoms with van der Waals surface area (Å²) in [5.41, 5.74) is 3.43. The normalized spacial score (nSPS) is 11.1. The Kier molecular flexibility index (Phi) is 3.83. The molecule has 4 nitrogen and oxygen atoms in total. The van der Waals surface area contributed by atoms with Crippen LogP contribution in [-0.4, -0.2) is 21.2 Å². The fourth-order valence-corrected chi connectivity index (χ4v) is 2.35. The molecule has 0 amide bonds. The van der Waals surface area contributed by atoms with Crippen LogP contribution in [0.3, 0.4) is 0 Å². The Hall–Kier alpha value is -2.40. The molecule has 3 rings (SSSR count). The molecule has 2 aromatic carbocycles. The van der Waals surface area contributed by atoms with Crippen LogP contribution in [0.5, 0.6) is 0 Å². The second kappa shape index (κ2) is 5.93. The first-order valence-corrected chi connectivity index (χ1v) is 7.15. The maximum Gasteiger partial charge on any atom is 0.102 e. The zero-order valence-electron chi connectivity index (χ0n) is 11.0. The summed E-state index contributed by atoms with van der Waals surface area (Å²) < 4.78 is 2.78. The maximum absolute atomic E-state index is 8.84. The van der Waals surface area contributed by atoms with Gasteiger partial charge >= 0.3 is 0 Å². The molecule has 0 bridgehead atoms. The SMILES string of the molecule is O/N=C/c1cn(-c2ccccc2)nc1-c1ccc(Br)cc1. The van der Waals surface area contributed by atoms with E-state index in [1.165, 1.54) is 6.21 Å². The van der Waals surface area contributed by atoms with Crippen molar-refractivity contribution in [1.82, 2.24) is 9.78 Å². The van der Waals surface area contributed by atoms with Gasteiger partial charge in [0.05, 0.1) is 11.9 Å². The number of hydrogen-bond acceptors (Lipinski definition) is 3. The van der Waals surface area contributed by atoms with Crippen LogP contribution in [0.25, 0.3) is 16.9 Å². The molecule has 0 aliphatic heterocycles. The summed E-state index contributed by atoms with van der Waals surface area (Å²) in [4.78, 5) is 0. The fraction of sp³-hybridized carbons (Fsp3) is 0. The van der Waals surface area contributed by atoms with Gasteiger partial charge in [-0.25, -0.2) is 4.68 Å². The monoisotopic (exact) mass is 341 g/mol. The summed E-state index contributed by atoms with van der Waals surface area (Å²) >= 11 is 3.42. The van der Waals surface area contributed by atoms with E-state index < -0.39 is 0 Å². The van der Waals surface area contributed by atoms with E-state index in [2.05, 4.69) is 26.2 Å².